The molecule has 0 bridgehead atoms. The van der Waals surface area contributed by atoms with Gasteiger partial charge < -0.3 is 10.1 Å². The molecule has 0 spiro atoms. The Morgan fingerprint density at radius 1 is 1.15 bits per heavy atom. The maximum Gasteiger partial charge on any atom is 0.410 e. The third-order valence-corrected chi connectivity index (χ3v) is 7.36. The molecule has 1 saturated heterocycles. The van der Waals surface area contributed by atoms with Crippen LogP contribution in [0, 0.1) is 5.41 Å². The number of nitrogens with one attached hydrogen (secondary N) is 1. The van der Waals surface area contributed by atoms with Crippen LogP contribution in [0.3, 0.4) is 0 Å². The fourth-order valence-corrected chi connectivity index (χ4v) is 4.10. The molecule has 0 aromatic heterocycles. The van der Waals surface area contributed by atoms with Crippen molar-refractivity contribution in [2.75, 3.05) is 18.8 Å². The highest BCUT2D eigenvalue weighted by molar-refractivity contribution is 7.92. The minimum absolute atomic E-state index is 0.0210. The summed E-state index contributed by atoms with van der Waals surface area (Å²) in [5, 5.41) is 2.72. The lowest BCUT2D eigenvalue weighted by Gasteiger charge is -2.45. The maximum atomic E-state index is 12.9. The molecule has 1 heterocycles. The summed E-state index contributed by atoms with van der Waals surface area (Å²) < 4.78 is 29.1. The number of carbonyl (C=O) groups is 2. The van der Waals surface area contributed by atoms with E-state index >= 15 is 0 Å². The Kier molecular flexibility index (Phi) is 7.01. The third kappa shape index (κ3) is 6.36. The molecule has 1 unspecified atom stereocenters. The van der Waals surface area contributed by atoms with Gasteiger partial charge in [-0.05, 0) is 59.8 Å². The number of hydrogen-bond donors (Lipinski definition) is 1. The van der Waals surface area contributed by atoms with Crippen molar-refractivity contribution in [3.8, 4) is 0 Å². The average molecular weight is 405 g/mol. The van der Waals surface area contributed by atoms with Gasteiger partial charge in [0.25, 0.3) is 0 Å². The quantitative estimate of drug-likeness (QED) is 0.778. The Morgan fingerprint density at radius 3 is 2.19 bits per heavy atom. The van der Waals surface area contributed by atoms with Crippen LogP contribution in [0.15, 0.2) is 0 Å². The molecule has 0 saturated carbocycles. The van der Waals surface area contributed by atoms with Crippen LogP contribution in [-0.2, 0) is 19.4 Å². The molecule has 0 radical (unpaired) electrons. The van der Waals surface area contributed by atoms with Gasteiger partial charge in [0.15, 0.2) is 9.84 Å². The first-order valence-electron chi connectivity index (χ1n) is 9.48. The van der Waals surface area contributed by atoms with Crippen LogP contribution in [0.2, 0.25) is 0 Å². The van der Waals surface area contributed by atoms with Crippen molar-refractivity contribution in [2.24, 2.45) is 5.41 Å². The number of ether oxygens (including phenoxy) is 1. The summed E-state index contributed by atoms with van der Waals surface area (Å²) in [5.41, 5.74) is -1.08. The summed E-state index contributed by atoms with van der Waals surface area (Å²) in [6, 6.07) is -0.696. The van der Waals surface area contributed by atoms with Crippen LogP contribution in [0.25, 0.3) is 0 Å². The monoisotopic (exact) mass is 404 g/mol. The van der Waals surface area contributed by atoms with Gasteiger partial charge in [0, 0.05) is 13.1 Å². The van der Waals surface area contributed by atoms with E-state index in [4.69, 9.17) is 4.74 Å². The number of rotatable bonds is 4. The summed E-state index contributed by atoms with van der Waals surface area (Å²) in [6.45, 7) is 14.6. The second kappa shape index (κ2) is 7.97. The lowest BCUT2D eigenvalue weighted by Crippen LogP contribution is -2.60. The van der Waals surface area contributed by atoms with Crippen molar-refractivity contribution in [1.29, 1.82) is 0 Å². The minimum atomic E-state index is -3.33. The number of piperidine rings is 1. The summed E-state index contributed by atoms with van der Waals surface area (Å²) in [6.07, 6.45) is 1.07. The molecule has 1 aliphatic heterocycles. The smallest absolute Gasteiger partial charge is 0.410 e. The number of amides is 2. The lowest BCUT2D eigenvalue weighted by atomic mass is 9.76. The number of nitrogens with zero attached hydrogens (tertiary/aromatic N) is 1. The topological polar surface area (TPSA) is 92.8 Å². The Morgan fingerprint density at radius 2 is 1.70 bits per heavy atom. The lowest BCUT2D eigenvalue weighted by molar-refractivity contribution is -0.132. The molecule has 7 nitrogen and oxygen atoms in total. The van der Waals surface area contributed by atoms with Gasteiger partial charge in [0.05, 0.1) is 10.5 Å². The predicted molar refractivity (Wildman–Crippen MR) is 106 cm³/mol. The molecule has 1 fully saturated rings. The van der Waals surface area contributed by atoms with Crippen LogP contribution >= 0.6 is 0 Å². The second-order valence-electron chi connectivity index (χ2n) is 9.89. The van der Waals surface area contributed by atoms with Crippen molar-refractivity contribution in [3.05, 3.63) is 0 Å². The molecular weight excluding hydrogens is 368 g/mol. The van der Waals surface area contributed by atoms with E-state index in [-0.39, 0.29) is 18.2 Å². The summed E-state index contributed by atoms with van der Waals surface area (Å²) in [5.74, 6) is -0.475. The van der Waals surface area contributed by atoms with Gasteiger partial charge in [0.1, 0.15) is 11.6 Å². The fourth-order valence-electron chi connectivity index (χ4n) is 3.12. The zero-order chi connectivity index (χ0) is 21.3. The first-order chi connectivity index (χ1) is 12.0. The number of carbonyl (C=O) groups excluding carboxylic acids is 2. The average Bonchev–Trinajstić information content (AvgIpc) is 2.42. The van der Waals surface area contributed by atoms with Gasteiger partial charge in [0.2, 0.25) is 5.91 Å². The molecule has 0 aromatic carbocycles. The minimum Gasteiger partial charge on any atom is -0.444 e. The van der Waals surface area contributed by atoms with Crippen LogP contribution in [0.4, 0.5) is 4.79 Å². The molecule has 0 aromatic rings. The fraction of sp³-hybridized carbons (Fsp3) is 0.895. The van der Waals surface area contributed by atoms with Crippen molar-refractivity contribution >= 4 is 21.8 Å². The maximum absolute atomic E-state index is 12.9. The summed E-state index contributed by atoms with van der Waals surface area (Å²) in [7, 11) is -3.33. The van der Waals surface area contributed by atoms with Crippen molar-refractivity contribution < 1.29 is 22.7 Å². The Labute approximate surface area is 164 Å². The molecule has 0 aliphatic carbocycles. The van der Waals surface area contributed by atoms with E-state index in [1.54, 1.807) is 41.5 Å². The van der Waals surface area contributed by atoms with E-state index in [1.165, 1.54) is 4.90 Å². The standard InChI is InChI=1S/C19H36N2O5S/c1-17(2,3)26-16(23)21-12-9-10-19(7,8)14(21)15(22)20-11-13-27(24,25)18(4,5)6/h14H,9-13H2,1-8H3,(H,20,22). The van der Waals surface area contributed by atoms with E-state index in [9.17, 15) is 18.0 Å². The highest BCUT2D eigenvalue weighted by Crippen LogP contribution is 2.36. The van der Waals surface area contributed by atoms with Crippen LogP contribution < -0.4 is 5.32 Å². The number of likely N-dealkylation sites (tertiary alicyclic amines) is 1. The SMILES string of the molecule is CC(C)(C)OC(=O)N1CCCC(C)(C)C1C(=O)NCCS(=O)(=O)C(C)(C)C. The number of sulfone groups is 1. The molecule has 1 aliphatic rings. The first kappa shape index (κ1) is 23.7. The zero-order valence-electron chi connectivity index (χ0n) is 18.0. The van der Waals surface area contributed by atoms with Crippen LogP contribution in [0.1, 0.15) is 68.2 Å². The van der Waals surface area contributed by atoms with Gasteiger partial charge in [-0.25, -0.2) is 13.2 Å². The van der Waals surface area contributed by atoms with E-state index in [0.29, 0.717) is 6.54 Å². The van der Waals surface area contributed by atoms with E-state index in [0.717, 1.165) is 12.8 Å². The van der Waals surface area contributed by atoms with Gasteiger partial charge in [-0.15, -0.1) is 0 Å². The van der Waals surface area contributed by atoms with Gasteiger partial charge in [-0.2, -0.15) is 0 Å². The Bertz CT molecular complexity index is 657. The molecule has 158 valence electrons. The molecular formula is C19H36N2O5S. The van der Waals surface area contributed by atoms with Crippen molar-refractivity contribution in [3.63, 3.8) is 0 Å². The van der Waals surface area contributed by atoms with Gasteiger partial charge >= 0.3 is 6.09 Å². The Balaban J connectivity index is 2.89. The Hall–Kier alpha value is -1.31. The van der Waals surface area contributed by atoms with Crippen molar-refractivity contribution in [2.45, 2.75) is 84.6 Å². The summed E-state index contributed by atoms with van der Waals surface area (Å²) >= 11 is 0. The molecule has 1 N–H and O–H groups in total. The van der Waals surface area contributed by atoms with Gasteiger partial charge in [-0.1, -0.05) is 13.8 Å². The van der Waals surface area contributed by atoms with Gasteiger partial charge in [-0.3, -0.25) is 9.69 Å². The van der Waals surface area contributed by atoms with E-state index in [2.05, 4.69) is 5.32 Å². The molecule has 27 heavy (non-hydrogen) atoms. The predicted octanol–water partition coefficient (Wildman–Crippen LogP) is 2.74. The van der Waals surface area contributed by atoms with Crippen LogP contribution in [-0.4, -0.2) is 60.6 Å². The molecule has 1 rings (SSSR count). The zero-order valence-corrected chi connectivity index (χ0v) is 18.8. The molecule has 1 atom stereocenters. The highest BCUT2D eigenvalue weighted by Gasteiger charge is 2.45. The number of hydrogen-bond acceptors (Lipinski definition) is 5. The first-order valence-corrected chi connectivity index (χ1v) is 11.1. The van der Waals surface area contributed by atoms with E-state index in [1.807, 2.05) is 13.8 Å². The molecule has 2 amide bonds. The normalized spacial score (nSPS) is 20.9. The third-order valence-electron chi connectivity index (χ3n) is 4.75. The summed E-state index contributed by atoms with van der Waals surface area (Å²) in [4.78, 5) is 27.0. The van der Waals surface area contributed by atoms with Crippen LogP contribution in [0.5, 0.6) is 0 Å². The second-order valence-corrected chi connectivity index (χ2v) is 12.8. The largest absolute Gasteiger partial charge is 0.444 e. The molecule has 8 heteroatoms. The highest BCUT2D eigenvalue weighted by atomic mass is 32.2. The van der Waals surface area contributed by atoms with Crippen molar-refractivity contribution in [1.82, 2.24) is 10.2 Å². The van der Waals surface area contributed by atoms with E-state index < -0.39 is 37.7 Å².